The SMILES string of the molecule is COc1ccccc1CN(C)c1c(F)c(F)nc(F)c1F. The Bertz CT molecular complexity index is 637. The lowest BCUT2D eigenvalue weighted by Crippen LogP contribution is -2.21. The summed E-state index contributed by atoms with van der Waals surface area (Å²) in [5.41, 5.74) is -0.204. The molecule has 1 heterocycles. The third kappa shape index (κ3) is 2.91. The molecule has 2 rings (SSSR count). The maximum Gasteiger partial charge on any atom is 0.253 e. The van der Waals surface area contributed by atoms with E-state index in [0.717, 1.165) is 4.90 Å². The van der Waals surface area contributed by atoms with Crippen LogP contribution in [0.25, 0.3) is 0 Å². The molecular formula is C14H12F4N2O. The average Bonchev–Trinajstić information content (AvgIpc) is 2.46. The van der Waals surface area contributed by atoms with Crippen molar-refractivity contribution in [2.24, 2.45) is 0 Å². The first-order valence-corrected chi connectivity index (χ1v) is 5.98. The van der Waals surface area contributed by atoms with Crippen molar-refractivity contribution in [3.8, 4) is 5.75 Å². The van der Waals surface area contributed by atoms with Crippen LogP contribution in [-0.4, -0.2) is 19.1 Å². The number of para-hydroxylation sites is 1. The molecule has 0 atom stereocenters. The average molecular weight is 300 g/mol. The molecule has 3 nitrogen and oxygen atoms in total. The lowest BCUT2D eigenvalue weighted by atomic mass is 10.2. The highest BCUT2D eigenvalue weighted by Gasteiger charge is 2.24. The molecule has 0 spiro atoms. The molecule has 0 aliphatic rings. The predicted molar refractivity (Wildman–Crippen MR) is 69.2 cm³/mol. The lowest BCUT2D eigenvalue weighted by molar-refractivity contribution is 0.403. The van der Waals surface area contributed by atoms with Crippen LogP contribution >= 0.6 is 0 Å². The number of ether oxygens (including phenoxy) is 1. The smallest absolute Gasteiger partial charge is 0.253 e. The van der Waals surface area contributed by atoms with Crippen LogP contribution in [0.15, 0.2) is 24.3 Å². The third-order valence-electron chi connectivity index (χ3n) is 2.96. The summed E-state index contributed by atoms with van der Waals surface area (Å²) in [7, 11) is 2.76. The minimum absolute atomic E-state index is 0.000741. The summed E-state index contributed by atoms with van der Waals surface area (Å²) >= 11 is 0. The van der Waals surface area contributed by atoms with Gasteiger partial charge < -0.3 is 9.64 Å². The van der Waals surface area contributed by atoms with Gasteiger partial charge in [0.2, 0.25) is 11.6 Å². The topological polar surface area (TPSA) is 25.4 Å². The van der Waals surface area contributed by atoms with E-state index in [2.05, 4.69) is 4.98 Å². The normalized spacial score (nSPS) is 10.6. The fourth-order valence-corrected chi connectivity index (χ4v) is 1.98. The van der Waals surface area contributed by atoms with Crippen LogP contribution < -0.4 is 9.64 Å². The molecule has 0 N–H and O–H groups in total. The Labute approximate surface area is 118 Å². The molecule has 2 aromatic rings. The van der Waals surface area contributed by atoms with Gasteiger partial charge in [0, 0.05) is 19.2 Å². The molecule has 7 heteroatoms. The van der Waals surface area contributed by atoms with Crippen molar-refractivity contribution in [3.63, 3.8) is 0 Å². The van der Waals surface area contributed by atoms with Gasteiger partial charge in [-0.3, -0.25) is 0 Å². The molecule has 1 aromatic heterocycles. The lowest BCUT2D eigenvalue weighted by Gasteiger charge is -2.21. The van der Waals surface area contributed by atoms with Crippen molar-refractivity contribution in [1.29, 1.82) is 0 Å². The van der Waals surface area contributed by atoms with Gasteiger partial charge in [0.1, 0.15) is 11.4 Å². The Morgan fingerprint density at radius 2 is 1.62 bits per heavy atom. The van der Waals surface area contributed by atoms with Gasteiger partial charge in [-0.05, 0) is 6.07 Å². The second kappa shape index (κ2) is 5.99. The molecule has 0 aliphatic carbocycles. The highest BCUT2D eigenvalue weighted by Crippen LogP contribution is 2.28. The second-order valence-electron chi connectivity index (χ2n) is 4.34. The van der Waals surface area contributed by atoms with E-state index in [1.54, 1.807) is 24.3 Å². The number of halogens is 4. The van der Waals surface area contributed by atoms with Crippen molar-refractivity contribution in [1.82, 2.24) is 4.98 Å². The first-order valence-electron chi connectivity index (χ1n) is 5.98. The first kappa shape index (κ1) is 15.1. The van der Waals surface area contributed by atoms with Crippen LogP contribution in [0.5, 0.6) is 5.75 Å². The molecular weight excluding hydrogens is 288 g/mol. The molecule has 0 unspecified atom stereocenters. The van der Waals surface area contributed by atoms with Crippen molar-refractivity contribution < 1.29 is 22.3 Å². The summed E-state index contributed by atoms with van der Waals surface area (Å²) in [6.45, 7) is 0.000741. The van der Waals surface area contributed by atoms with E-state index in [9.17, 15) is 17.6 Å². The van der Waals surface area contributed by atoms with E-state index in [1.807, 2.05) is 0 Å². The van der Waals surface area contributed by atoms with Gasteiger partial charge in [-0.15, -0.1) is 0 Å². The van der Waals surface area contributed by atoms with E-state index in [-0.39, 0.29) is 6.54 Å². The number of aromatic nitrogens is 1. The Morgan fingerprint density at radius 1 is 1.05 bits per heavy atom. The minimum atomic E-state index is -1.68. The van der Waals surface area contributed by atoms with Gasteiger partial charge in [0.05, 0.1) is 7.11 Å². The van der Waals surface area contributed by atoms with Gasteiger partial charge in [0.25, 0.3) is 11.9 Å². The zero-order valence-corrected chi connectivity index (χ0v) is 11.3. The number of methoxy groups -OCH3 is 1. The number of pyridine rings is 1. The molecule has 0 saturated carbocycles. The number of anilines is 1. The number of hydrogen-bond acceptors (Lipinski definition) is 3. The number of nitrogens with zero attached hydrogens (tertiary/aromatic N) is 2. The summed E-state index contributed by atoms with van der Waals surface area (Å²) < 4.78 is 58.7. The van der Waals surface area contributed by atoms with Crippen LogP contribution in [0, 0.1) is 23.5 Å². The molecule has 0 radical (unpaired) electrons. The summed E-state index contributed by atoms with van der Waals surface area (Å²) in [5, 5.41) is 0. The molecule has 112 valence electrons. The van der Waals surface area contributed by atoms with E-state index < -0.39 is 29.2 Å². The van der Waals surface area contributed by atoms with Crippen LogP contribution in [0.3, 0.4) is 0 Å². The fourth-order valence-electron chi connectivity index (χ4n) is 1.98. The Hall–Kier alpha value is -2.31. The molecule has 1 aromatic carbocycles. The van der Waals surface area contributed by atoms with Crippen molar-refractivity contribution in [3.05, 3.63) is 53.4 Å². The zero-order chi connectivity index (χ0) is 15.6. The van der Waals surface area contributed by atoms with Gasteiger partial charge in [0.15, 0.2) is 0 Å². The Morgan fingerprint density at radius 3 is 2.19 bits per heavy atom. The number of benzene rings is 1. The van der Waals surface area contributed by atoms with Crippen molar-refractivity contribution in [2.75, 3.05) is 19.1 Å². The first-order chi connectivity index (χ1) is 9.95. The summed E-state index contributed by atoms with van der Waals surface area (Å²) in [5.74, 6) is -5.94. The number of hydrogen-bond donors (Lipinski definition) is 0. The standard InChI is InChI=1S/C14H12F4N2O/c1-20(7-8-5-3-4-6-9(8)21-2)12-10(15)13(17)19-14(18)11(12)16/h3-6H,7H2,1-2H3. The largest absolute Gasteiger partial charge is 0.496 e. The monoisotopic (exact) mass is 300 g/mol. The van der Waals surface area contributed by atoms with Crippen molar-refractivity contribution in [2.45, 2.75) is 6.54 Å². The van der Waals surface area contributed by atoms with Crippen LogP contribution in [0.1, 0.15) is 5.56 Å². The molecule has 0 amide bonds. The Balaban J connectivity index is 2.39. The third-order valence-corrected chi connectivity index (χ3v) is 2.96. The minimum Gasteiger partial charge on any atom is -0.496 e. The quantitative estimate of drug-likeness (QED) is 0.640. The van der Waals surface area contributed by atoms with Gasteiger partial charge >= 0.3 is 0 Å². The van der Waals surface area contributed by atoms with Crippen LogP contribution in [-0.2, 0) is 6.54 Å². The van der Waals surface area contributed by atoms with Gasteiger partial charge in [-0.2, -0.15) is 22.5 Å². The van der Waals surface area contributed by atoms with E-state index in [1.165, 1.54) is 14.2 Å². The Kier molecular flexibility index (Phi) is 4.30. The van der Waals surface area contributed by atoms with E-state index in [4.69, 9.17) is 4.74 Å². The highest BCUT2D eigenvalue weighted by atomic mass is 19.2. The predicted octanol–water partition coefficient (Wildman–Crippen LogP) is 3.28. The van der Waals surface area contributed by atoms with E-state index >= 15 is 0 Å². The highest BCUT2D eigenvalue weighted by molar-refractivity contribution is 5.49. The number of rotatable bonds is 4. The zero-order valence-electron chi connectivity index (χ0n) is 11.3. The van der Waals surface area contributed by atoms with Crippen LogP contribution in [0.2, 0.25) is 0 Å². The molecule has 0 saturated heterocycles. The summed E-state index contributed by atoms with van der Waals surface area (Å²) in [6, 6.07) is 6.80. The summed E-state index contributed by atoms with van der Waals surface area (Å²) in [6.07, 6.45) is 0. The van der Waals surface area contributed by atoms with Gasteiger partial charge in [-0.25, -0.2) is 0 Å². The maximum absolute atomic E-state index is 13.7. The fraction of sp³-hybridized carbons (Fsp3) is 0.214. The summed E-state index contributed by atoms with van der Waals surface area (Å²) in [4.78, 5) is 3.57. The molecule has 0 fully saturated rings. The molecule has 0 aliphatic heterocycles. The van der Waals surface area contributed by atoms with Crippen LogP contribution in [0.4, 0.5) is 23.2 Å². The van der Waals surface area contributed by atoms with Crippen molar-refractivity contribution >= 4 is 5.69 Å². The molecule has 21 heavy (non-hydrogen) atoms. The molecule has 0 bridgehead atoms. The van der Waals surface area contributed by atoms with E-state index in [0.29, 0.717) is 11.3 Å². The second-order valence-corrected chi connectivity index (χ2v) is 4.34. The van der Waals surface area contributed by atoms with Gasteiger partial charge in [-0.1, -0.05) is 18.2 Å². The maximum atomic E-state index is 13.7.